The van der Waals surface area contributed by atoms with Crippen molar-refractivity contribution in [2.24, 2.45) is 10.8 Å². The Labute approximate surface area is 423 Å². The van der Waals surface area contributed by atoms with Crippen LogP contribution in [0.3, 0.4) is 0 Å². The van der Waals surface area contributed by atoms with Gasteiger partial charge in [0, 0.05) is 0 Å². The van der Waals surface area contributed by atoms with E-state index in [1.807, 2.05) is 0 Å². The van der Waals surface area contributed by atoms with Gasteiger partial charge in [0.2, 0.25) is 0 Å². The number of benzene rings is 4. The molecule has 2 radical (unpaired) electrons. The van der Waals surface area contributed by atoms with E-state index in [0.29, 0.717) is 10.8 Å². The summed E-state index contributed by atoms with van der Waals surface area (Å²) in [5.74, 6) is 0. The van der Waals surface area contributed by atoms with Crippen LogP contribution in [-0.2, 0) is 36.2 Å². The minimum atomic E-state index is -1.25. The maximum absolute atomic E-state index is 3.06. The summed E-state index contributed by atoms with van der Waals surface area (Å²) in [6, 6.07) is 42.3. The number of fused-ring (bicyclic) bond motifs is 2. The van der Waals surface area contributed by atoms with Crippen LogP contribution in [0.5, 0.6) is 0 Å². The second-order valence-electron chi connectivity index (χ2n) is 21.5. The SMILES string of the molecule is CC1(Cc2cc3c(-c4ccc([Si](C)(C)C)cc4)cccc3[cH-]2)CCCCCCC1.CC1(Cc2cc3c(-c4ccc([Si](C)(C)C)cc4)cccc3[cH-]2)CCCCCCC1.Cl.Cl.[CH3-].[CH3-].[Si]=[Zr]. The van der Waals surface area contributed by atoms with Crippen molar-refractivity contribution in [1.82, 2.24) is 0 Å². The summed E-state index contributed by atoms with van der Waals surface area (Å²) >= 11 is 1.36. The molecule has 6 heteroatoms. The molecule has 6 aromatic carbocycles. The van der Waals surface area contributed by atoms with Crippen LogP contribution in [0, 0.1) is 25.7 Å². The molecule has 0 heterocycles. The Kier molecular flexibility index (Phi) is 23.8. The molecule has 0 unspecified atom stereocenters. The number of hydrogen-bond donors (Lipinski definition) is 0. The molecule has 0 saturated heterocycles. The normalized spacial score (nSPS) is 16.2. The van der Waals surface area contributed by atoms with E-state index in [4.69, 9.17) is 0 Å². The Morgan fingerprint density at radius 1 is 0.469 bits per heavy atom. The minimum absolute atomic E-state index is 0. The summed E-state index contributed by atoms with van der Waals surface area (Å²) in [6.45, 7) is 22.6. The van der Waals surface area contributed by atoms with Crippen LogP contribution in [0.25, 0.3) is 43.8 Å². The molecule has 0 bridgehead atoms. The van der Waals surface area contributed by atoms with E-state index >= 15 is 0 Å². The molecule has 6 aromatic rings. The van der Waals surface area contributed by atoms with Gasteiger partial charge in [-0.25, -0.2) is 0 Å². The van der Waals surface area contributed by atoms with Crippen LogP contribution >= 0.6 is 24.8 Å². The van der Waals surface area contributed by atoms with Crippen LogP contribution in [0.2, 0.25) is 39.3 Å². The monoisotopic (exact) mass is 1020 g/mol. The third-order valence-corrected chi connectivity index (χ3v) is 18.3. The standard InChI is InChI=1S/2C28H37Si.2CH3.2ClH.Si.Zr/c2*1-28(17-8-6-5-7-9-18-28)21-22-19-24-11-10-12-26(27(24)20-22)23-13-15-25(16-14-23)29(2,3)4;;;;;;/h2*10-16,19-20H,5-9,17-18,21H2,1-4H3;2*1H3;2*1H;;/q4*-1;;;;. The average Bonchev–Trinajstić information content (AvgIpc) is 3.81. The van der Waals surface area contributed by atoms with E-state index in [-0.39, 0.29) is 39.7 Å². The summed E-state index contributed by atoms with van der Waals surface area (Å²) < 4.78 is 0. The van der Waals surface area contributed by atoms with Crippen LogP contribution < -0.4 is 10.4 Å². The zero-order valence-electron chi connectivity index (χ0n) is 41.5. The zero-order chi connectivity index (χ0) is 43.0. The van der Waals surface area contributed by atoms with Crippen LogP contribution in [0.4, 0.5) is 0 Å². The summed E-state index contributed by atoms with van der Waals surface area (Å²) in [4.78, 5) is 0. The fourth-order valence-corrected chi connectivity index (χ4v) is 12.8. The van der Waals surface area contributed by atoms with Gasteiger partial charge in [0.25, 0.3) is 0 Å². The fraction of sp³-hybridized carbons (Fsp3) is 0.448. The first kappa shape index (κ1) is 58.3. The van der Waals surface area contributed by atoms with Crippen molar-refractivity contribution in [2.45, 2.75) is 156 Å². The van der Waals surface area contributed by atoms with Crippen LogP contribution in [-0.4, -0.2) is 23.0 Å². The van der Waals surface area contributed by atoms with Gasteiger partial charge in [0.15, 0.2) is 0 Å². The van der Waals surface area contributed by atoms with Gasteiger partial charge in [-0.05, 0) is 60.5 Å². The number of rotatable bonds is 8. The molecule has 64 heavy (non-hydrogen) atoms. The molecule has 0 aromatic heterocycles. The van der Waals surface area contributed by atoms with Crippen molar-refractivity contribution in [1.29, 1.82) is 0 Å². The van der Waals surface area contributed by atoms with Crippen molar-refractivity contribution in [3.63, 3.8) is 0 Å². The number of hydrogen-bond acceptors (Lipinski definition) is 0. The Morgan fingerprint density at radius 3 is 1.06 bits per heavy atom. The molecular weight excluding hydrogens is 943 g/mol. The topological polar surface area (TPSA) is 0 Å². The quantitative estimate of drug-likeness (QED) is 0.105. The van der Waals surface area contributed by atoms with E-state index in [1.54, 1.807) is 0 Å². The molecule has 2 fully saturated rings. The van der Waals surface area contributed by atoms with Crippen molar-refractivity contribution >= 4 is 79.8 Å². The summed E-state index contributed by atoms with van der Waals surface area (Å²) in [5, 5.41) is 8.74. The molecule has 348 valence electrons. The molecule has 2 saturated carbocycles. The third-order valence-electron chi connectivity index (χ3n) is 14.1. The van der Waals surface area contributed by atoms with Crippen molar-refractivity contribution in [3.8, 4) is 22.3 Å². The molecule has 8 rings (SSSR count). The predicted molar refractivity (Wildman–Crippen MR) is 297 cm³/mol. The molecule has 0 amide bonds. The first-order valence-electron chi connectivity index (χ1n) is 23.5. The molecule has 0 spiro atoms. The number of halogens is 2. The van der Waals surface area contributed by atoms with E-state index in [9.17, 15) is 0 Å². The van der Waals surface area contributed by atoms with E-state index in [0.717, 1.165) is 0 Å². The first-order chi connectivity index (χ1) is 28.7. The predicted octanol–water partition coefficient (Wildman–Crippen LogP) is 17.5. The van der Waals surface area contributed by atoms with Crippen molar-refractivity contribution < 1.29 is 23.3 Å². The second kappa shape index (κ2) is 26.1. The molecular formula is C58H82Cl2Si3Zr-4. The van der Waals surface area contributed by atoms with Crippen LogP contribution in [0.1, 0.15) is 115 Å². The molecule has 0 aliphatic heterocycles. The first-order valence-corrected chi connectivity index (χ1v) is 34.7. The second-order valence-corrected chi connectivity index (χ2v) is 31.7. The molecule has 0 atom stereocenters. The van der Waals surface area contributed by atoms with E-state index < -0.39 is 16.1 Å². The van der Waals surface area contributed by atoms with Gasteiger partial charge in [0.1, 0.15) is 0 Å². The fourth-order valence-electron chi connectivity index (χ4n) is 10.5. The Morgan fingerprint density at radius 2 is 0.766 bits per heavy atom. The van der Waals surface area contributed by atoms with Gasteiger partial charge in [0.05, 0.1) is 16.1 Å². The van der Waals surface area contributed by atoms with Gasteiger partial charge in [-0.2, -0.15) is 12.1 Å². The average molecular weight is 1030 g/mol. The summed E-state index contributed by atoms with van der Waals surface area (Å²) in [7, 11) is -2.50. The third kappa shape index (κ3) is 15.6. The molecule has 0 nitrogen and oxygen atoms in total. The van der Waals surface area contributed by atoms with Gasteiger partial charge in [-0.3, -0.25) is 0 Å². The Balaban J connectivity index is 0.000000400. The molecule has 0 N–H and O–H groups in total. The molecule has 2 aliphatic carbocycles. The van der Waals surface area contributed by atoms with Gasteiger partial charge in [-0.15, -0.1) is 93.9 Å². The summed E-state index contributed by atoms with van der Waals surface area (Å²) in [6.07, 6.45) is 22.2. The van der Waals surface area contributed by atoms with E-state index in [1.165, 1.54) is 191 Å². The Bertz CT molecular complexity index is 2090. The summed E-state index contributed by atoms with van der Waals surface area (Å²) in [5.41, 5.74) is 9.51. The van der Waals surface area contributed by atoms with Gasteiger partial charge >= 0.3 is 30.2 Å². The Hall–Kier alpha value is -1.79. The van der Waals surface area contributed by atoms with Crippen molar-refractivity contribution in [3.05, 3.63) is 135 Å². The van der Waals surface area contributed by atoms with E-state index in [2.05, 4.69) is 169 Å². The van der Waals surface area contributed by atoms with Gasteiger partial charge < -0.3 is 14.9 Å². The maximum atomic E-state index is 3.06. The molecule has 2 aliphatic rings. The van der Waals surface area contributed by atoms with Crippen molar-refractivity contribution in [2.75, 3.05) is 0 Å². The zero-order valence-corrected chi connectivity index (χ0v) is 48.6. The van der Waals surface area contributed by atoms with Crippen LogP contribution in [0.15, 0.2) is 109 Å². The van der Waals surface area contributed by atoms with Gasteiger partial charge in [-0.1, -0.05) is 200 Å².